The number of carbonyl (C=O) groups is 1. The second kappa shape index (κ2) is 2.23. The van der Waals surface area contributed by atoms with Crippen molar-refractivity contribution in [2.24, 2.45) is 0 Å². The van der Waals surface area contributed by atoms with Gasteiger partial charge in [0, 0.05) is 0 Å². The van der Waals surface area contributed by atoms with Crippen molar-refractivity contribution in [2.45, 2.75) is 18.9 Å². The summed E-state index contributed by atoms with van der Waals surface area (Å²) >= 11 is 0. The summed E-state index contributed by atoms with van der Waals surface area (Å²) < 4.78 is 4.68. The number of cyclic esters (lactones) is 1. The predicted molar refractivity (Wildman–Crippen MR) is 35.6 cm³/mol. The van der Waals surface area contributed by atoms with Gasteiger partial charge in [0.2, 0.25) is 0 Å². The molecule has 3 heteroatoms. The van der Waals surface area contributed by atoms with Crippen molar-refractivity contribution in [3.05, 3.63) is 0 Å². The highest BCUT2D eigenvalue weighted by molar-refractivity contribution is 5.80. The quantitative estimate of drug-likeness (QED) is 0.482. The third kappa shape index (κ3) is 0.814. The van der Waals surface area contributed by atoms with E-state index < -0.39 is 0 Å². The SMILES string of the molecule is O=C1OCC1N1CCCC1. The van der Waals surface area contributed by atoms with Crippen molar-refractivity contribution in [3.8, 4) is 0 Å². The van der Waals surface area contributed by atoms with E-state index in [-0.39, 0.29) is 12.0 Å². The van der Waals surface area contributed by atoms with Gasteiger partial charge < -0.3 is 4.74 Å². The molecule has 0 spiro atoms. The van der Waals surface area contributed by atoms with Gasteiger partial charge in [-0.3, -0.25) is 9.69 Å². The maximum atomic E-state index is 10.8. The lowest BCUT2D eigenvalue weighted by Gasteiger charge is -2.32. The van der Waals surface area contributed by atoms with Crippen LogP contribution in [-0.4, -0.2) is 36.6 Å². The molecular weight excluding hydrogens is 130 g/mol. The van der Waals surface area contributed by atoms with E-state index in [0.717, 1.165) is 13.1 Å². The number of esters is 1. The van der Waals surface area contributed by atoms with Gasteiger partial charge in [-0.2, -0.15) is 0 Å². The second-order valence-corrected chi connectivity index (χ2v) is 2.89. The molecule has 0 bridgehead atoms. The highest BCUT2D eigenvalue weighted by atomic mass is 16.6. The molecule has 0 aromatic carbocycles. The minimum atomic E-state index is -0.0260. The molecule has 10 heavy (non-hydrogen) atoms. The maximum Gasteiger partial charge on any atom is 0.327 e. The van der Waals surface area contributed by atoms with Gasteiger partial charge in [-0.1, -0.05) is 0 Å². The van der Waals surface area contributed by atoms with Crippen molar-refractivity contribution in [1.29, 1.82) is 0 Å². The van der Waals surface area contributed by atoms with Gasteiger partial charge in [0.15, 0.2) is 0 Å². The fourth-order valence-corrected chi connectivity index (χ4v) is 1.53. The fourth-order valence-electron chi connectivity index (χ4n) is 1.53. The average molecular weight is 141 g/mol. The summed E-state index contributed by atoms with van der Waals surface area (Å²) in [6.07, 6.45) is 2.48. The number of hydrogen-bond donors (Lipinski definition) is 0. The largest absolute Gasteiger partial charge is 0.462 e. The third-order valence-electron chi connectivity index (χ3n) is 2.24. The highest BCUT2D eigenvalue weighted by Gasteiger charge is 2.37. The van der Waals surface area contributed by atoms with Crippen LogP contribution in [0.1, 0.15) is 12.8 Å². The molecule has 2 heterocycles. The van der Waals surface area contributed by atoms with E-state index in [1.807, 2.05) is 0 Å². The Morgan fingerprint density at radius 2 is 2.10 bits per heavy atom. The Balaban J connectivity index is 1.92. The third-order valence-corrected chi connectivity index (χ3v) is 2.24. The van der Waals surface area contributed by atoms with Crippen molar-refractivity contribution < 1.29 is 9.53 Å². The van der Waals surface area contributed by atoms with E-state index in [1.165, 1.54) is 12.8 Å². The topological polar surface area (TPSA) is 29.5 Å². The summed E-state index contributed by atoms with van der Waals surface area (Å²) in [6, 6.07) is 0.113. The van der Waals surface area contributed by atoms with E-state index in [0.29, 0.717) is 6.61 Å². The number of rotatable bonds is 1. The molecule has 2 aliphatic rings. The zero-order valence-corrected chi connectivity index (χ0v) is 5.88. The van der Waals surface area contributed by atoms with E-state index in [9.17, 15) is 4.79 Å². The number of hydrogen-bond acceptors (Lipinski definition) is 3. The van der Waals surface area contributed by atoms with Crippen LogP contribution in [0.5, 0.6) is 0 Å². The molecule has 0 N–H and O–H groups in total. The minimum absolute atomic E-state index is 0.0260. The van der Waals surface area contributed by atoms with Gasteiger partial charge in [-0.15, -0.1) is 0 Å². The van der Waals surface area contributed by atoms with Crippen molar-refractivity contribution in [2.75, 3.05) is 19.7 Å². The summed E-state index contributed by atoms with van der Waals surface area (Å²) in [4.78, 5) is 13.0. The molecule has 2 aliphatic heterocycles. The molecule has 0 aromatic rings. The molecule has 0 amide bonds. The first-order valence-corrected chi connectivity index (χ1v) is 3.78. The van der Waals surface area contributed by atoms with Crippen molar-refractivity contribution in [1.82, 2.24) is 4.90 Å². The molecule has 0 saturated carbocycles. The van der Waals surface area contributed by atoms with E-state index in [1.54, 1.807) is 0 Å². The number of carbonyl (C=O) groups excluding carboxylic acids is 1. The molecule has 2 saturated heterocycles. The molecular formula is C7H11NO2. The molecule has 2 rings (SSSR count). The van der Waals surface area contributed by atoms with Crippen LogP contribution in [0.4, 0.5) is 0 Å². The maximum absolute atomic E-state index is 10.8. The molecule has 56 valence electrons. The van der Waals surface area contributed by atoms with Gasteiger partial charge in [-0.25, -0.2) is 0 Å². The zero-order valence-electron chi connectivity index (χ0n) is 5.88. The smallest absolute Gasteiger partial charge is 0.327 e. The Labute approximate surface area is 60.0 Å². The van der Waals surface area contributed by atoms with Gasteiger partial charge in [-0.05, 0) is 25.9 Å². The lowest BCUT2D eigenvalue weighted by atomic mass is 10.2. The van der Waals surface area contributed by atoms with Gasteiger partial charge in [0.05, 0.1) is 0 Å². The predicted octanol–water partition coefficient (Wildman–Crippen LogP) is 0.00760. The van der Waals surface area contributed by atoms with Gasteiger partial charge in [0.1, 0.15) is 12.6 Å². The number of likely N-dealkylation sites (tertiary alicyclic amines) is 1. The lowest BCUT2D eigenvalue weighted by molar-refractivity contribution is -0.170. The number of ether oxygens (including phenoxy) is 1. The normalized spacial score (nSPS) is 33.6. The van der Waals surface area contributed by atoms with Crippen LogP contribution in [0.3, 0.4) is 0 Å². The van der Waals surface area contributed by atoms with Crippen LogP contribution in [0, 0.1) is 0 Å². The first-order valence-electron chi connectivity index (χ1n) is 3.78. The van der Waals surface area contributed by atoms with Crippen LogP contribution in [0.2, 0.25) is 0 Å². The fraction of sp³-hybridized carbons (Fsp3) is 0.857. The Morgan fingerprint density at radius 3 is 2.50 bits per heavy atom. The van der Waals surface area contributed by atoms with Gasteiger partial charge >= 0.3 is 5.97 Å². The minimum Gasteiger partial charge on any atom is -0.462 e. The molecule has 3 nitrogen and oxygen atoms in total. The summed E-state index contributed by atoms with van der Waals surface area (Å²) in [7, 11) is 0. The Hall–Kier alpha value is -0.570. The molecule has 2 fully saturated rings. The van der Waals surface area contributed by atoms with Gasteiger partial charge in [0.25, 0.3) is 0 Å². The van der Waals surface area contributed by atoms with E-state index >= 15 is 0 Å². The van der Waals surface area contributed by atoms with Crippen LogP contribution in [0.15, 0.2) is 0 Å². The summed E-state index contributed by atoms with van der Waals surface area (Å²) in [5.74, 6) is -0.0260. The molecule has 0 radical (unpaired) electrons. The Morgan fingerprint density at radius 1 is 1.40 bits per heavy atom. The first-order chi connectivity index (χ1) is 4.88. The second-order valence-electron chi connectivity index (χ2n) is 2.89. The summed E-state index contributed by atoms with van der Waals surface area (Å²) in [6.45, 7) is 2.79. The van der Waals surface area contributed by atoms with E-state index in [2.05, 4.69) is 9.64 Å². The van der Waals surface area contributed by atoms with E-state index in [4.69, 9.17) is 0 Å². The lowest BCUT2D eigenvalue weighted by Crippen LogP contribution is -2.51. The molecule has 1 unspecified atom stereocenters. The summed E-state index contributed by atoms with van der Waals surface area (Å²) in [5.41, 5.74) is 0. The molecule has 0 aromatic heterocycles. The van der Waals surface area contributed by atoms with Crippen LogP contribution >= 0.6 is 0 Å². The average Bonchev–Trinajstić information content (AvgIpc) is 2.37. The van der Waals surface area contributed by atoms with Crippen molar-refractivity contribution in [3.63, 3.8) is 0 Å². The number of nitrogens with zero attached hydrogens (tertiary/aromatic N) is 1. The monoisotopic (exact) mass is 141 g/mol. The Kier molecular flexibility index (Phi) is 1.38. The zero-order chi connectivity index (χ0) is 6.97. The van der Waals surface area contributed by atoms with Crippen molar-refractivity contribution >= 4 is 5.97 Å². The molecule has 1 atom stereocenters. The van der Waals surface area contributed by atoms with Crippen LogP contribution < -0.4 is 0 Å². The van der Waals surface area contributed by atoms with Crippen LogP contribution in [0.25, 0.3) is 0 Å². The highest BCUT2D eigenvalue weighted by Crippen LogP contribution is 2.17. The Bertz CT molecular complexity index is 152. The first kappa shape index (κ1) is 6.16. The standard InChI is InChI=1S/C7H11NO2/c9-7-6(5-10-7)8-3-1-2-4-8/h6H,1-5H2. The summed E-state index contributed by atoms with van der Waals surface area (Å²) in [5, 5.41) is 0. The molecule has 0 aliphatic carbocycles. The van der Waals surface area contributed by atoms with Crippen LogP contribution in [-0.2, 0) is 9.53 Å².